The van der Waals surface area contributed by atoms with Crippen LogP contribution in [0.25, 0.3) is 0 Å². The Kier molecular flexibility index (Phi) is 20.1. The summed E-state index contributed by atoms with van der Waals surface area (Å²) >= 11 is 0. The highest BCUT2D eigenvalue weighted by Crippen LogP contribution is 2.67. The summed E-state index contributed by atoms with van der Waals surface area (Å²) in [6, 6.07) is 0. The summed E-state index contributed by atoms with van der Waals surface area (Å²) in [6.07, 6.45) is -34.2. The lowest BCUT2D eigenvalue weighted by Crippen LogP contribution is -2.66. The lowest BCUT2D eigenvalue weighted by molar-refractivity contribution is -0.397. The standard InChI is InChI=1S/C56H90O28S/c1-21-34(58)39(63)42(66)48(75-21)82-46-38(62)31(80-52-47(41(65)36(60)23(3)78-52)83-49-43(67)40(64)35(59)22(2)76-49)20-74-51(46)81-45-37(61)24(4)77-50(44(45)68)79-30-19-26-27-10-11-32(56(9,70)33(57)14-15-53(5,6)69)55(27,8)17-13-28(26)54(7)16-12-25(18-29(30)54)84-85(71,72)73/h13-15,21-27,29-32,34-52,58-70H,10-12,16-20H2,1-9H3,(H,71,72,73). The minimum atomic E-state index is -4.90. The molecule has 0 aromatic carbocycles. The van der Waals surface area contributed by atoms with E-state index >= 15 is 0 Å². The summed E-state index contributed by atoms with van der Waals surface area (Å²) in [6.45, 7) is 13.6. The van der Waals surface area contributed by atoms with Crippen LogP contribution in [0.3, 0.4) is 0 Å². The molecule has 28 nitrogen and oxygen atoms in total. The number of ketones is 1. The largest absolute Gasteiger partial charge is 0.397 e. The maximum absolute atomic E-state index is 13.7. The summed E-state index contributed by atoms with van der Waals surface area (Å²) in [7, 11) is -4.90. The van der Waals surface area contributed by atoms with Crippen LogP contribution in [0.15, 0.2) is 23.8 Å². The van der Waals surface area contributed by atoms with Crippen molar-refractivity contribution in [2.75, 3.05) is 6.61 Å². The Bertz CT molecular complexity index is 2500. The number of rotatable bonds is 16. The van der Waals surface area contributed by atoms with Gasteiger partial charge in [-0.25, -0.2) is 4.18 Å². The van der Waals surface area contributed by atoms with Gasteiger partial charge in [0, 0.05) is 5.92 Å². The van der Waals surface area contributed by atoms with Crippen molar-refractivity contribution in [3.8, 4) is 0 Å². The molecule has 488 valence electrons. The lowest BCUT2D eigenvalue weighted by Gasteiger charge is -2.60. The normalized spacial score (nSPS) is 51.5. The highest BCUT2D eigenvalue weighted by molar-refractivity contribution is 7.80. The second-order valence-electron chi connectivity index (χ2n) is 26.5. The Balaban J connectivity index is 0.983. The van der Waals surface area contributed by atoms with Gasteiger partial charge in [-0.3, -0.25) is 9.35 Å². The number of carbonyl (C=O) groups excluding carboxylic acids is 1. The fourth-order valence-electron chi connectivity index (χ4n) is 15.2. The van der Waals surface area contributed by atoms with Crippen molar-refractivity contribution in [2.45, 2.75) is 278 Å². The van der Waals surface area contributed by atoms with Crippen LogP contribution >= 0.6 is 0 Å². The van der Waals surface area contributed by atoms with Crippen LogP contribution in [-0.4, -0.2) is 263 Å². The monoisotopic (exact) mass is 1240 g/mol. The van der Waals surface area contributed by atoms with E-state index in [9.17, 15) is 84.1 Å². The molecule has 0 radical (unpaired) electrons. The van der Waals surface area contributed by atoms with Gasteiger partial charge in [0.25, 0.3) is 0 Å². The van der Waals surface area contributed by atoms with Crippen LogP contribution in [0.1, 0.15) is 107 Å². The van der Waals surface area contributed by atoms with E-state index < -0.39 is 216 Å². The number of ether oxygens (including phenoxy) is 10. The van der Waals surface area contributed by atoms with E-state index in [2.05, 4.69) is 13.0 Å². The van der Waals surface area contributed by atoms with Crippen LogP contribution in [-0.2, 0) is 66.7 Å². The van der Waals surface area contributed by atoms with E-state index in [4.69, 9.17) is 51.6 Å². The van der Waals surface area contributed by atoms with Gasteiger partial charge < -0.3 is 114 Å². The van der Waals surface area contributed by atoms with Gasteiger partial charge in [0.05, 0.1) is 48.8 Å². The third-order valence-corrected chi connectivity index (χ3v) is 20.6. The quantitative estimate of drug-likeness (QED) is 0.0423. The number of aliphatic hydroxyl groups is 13. The number of allylic oxidation sites excluding steroid dienone is 2. The first kappa shape index (κ1) is 67.5. The van der Waals surface area contributed by atoms with Crippen molar-refractivity contribution in [1.29, 1.82) is 0 Å². The Morgan fingerprint density at radius 3 is 1.66 bits per heavy atom. The third kappa shape index (κ3) is 13.3. The lowest BCUT2D eigenvalue weighted by atomic mass is 9.47. The predicted octanol–water partition coefficient (Wildman–Crippen LogP) is -2.76. The molecule has 29 heteroatoms. The average molecular weight is 1240 g/mol. The molecule has 33 atom stereocenters. The van der Waals surface area contributed by atoms with Gasteiger partial charge >= 0.3 is 10.4 Å². The molecule has 0 spiro atoms. The van der Waals surface area contributed by atoms with Gasteiger partial charge in [0.1, 0.15) is 97.2 Å². The molecule has 4 aliphatic carbocycles. The van der Waals surface area contributed by atoms with Crippen molar-refractivity contribution in [3.63, 3.8) is 0 Å². The third-order valence-electron chi connectivity index (χ3n) is 20.1. The second-order valence-corrected chi connectivity index (χ2v) is 27.5. The van der Waals surface area contributed by atoms with Crippen molar-refractivity contribution in [1.82, 2.24) is 0 Å². The highest BCUT2D eigenvalue weighted by Gasteiger charge is 2.64. The van der Waals surface area contributed by atoms with Crippen LogP contribution in [0.2, 0.25) is 0 Å². The minimum Gasteiger partial charge on any atom is -0.388 e. The molecule has 0 aromatic heterocycles. The molecule has 14 N–H and O–H groups in total. The molecule has 9 rings (SSSR count). The van der Waals surface area contributed by atoms with Gasteiger partial charge in [0.2, 0.25) is 0 Å². The fraction of sp³-hybridized carbons (Fsp3) is 0.911. The summed E-state index contributed by atoms with van der Waals surface area (Å²) in [5.41, 5.74) is -3.35. The summed E-state index contributed by atoms with van der Waals surface area (Å²) < 4.78 is 100. The molecule has 8 fully saturated rings. The average Bonchev–Trinajstić information content (AvgIpc) is 1.75. The number of carbonyl (C=O) groups is 1. The van der Waals surface area contributed by atoms with Crippen LogP contribution in [0.4, 0.5) is 0 Å². The van der Waals surface area contributed by atoms with Gasteiger partial charge in [-0.2, -0.15) is 8.42 Å². The zero-order valence-corrected chi connectivity index (χ0v) is 49.9. The SMILES string of the molecule is CC1OC(OC2C(OC3C(O)C(C)OC(OC4CC5C(=CCC6(C)C5CCC6C(C)(O)C(=O)C=CC(C)(C)O)C5(C)CCC(OS(=O)(=O)O)CC45)C3O)OCC(OC3OC(C)C(O)C(O)C3OC3OC(C)C(O)C(O)C3O)C2O)C(O)C(O)C1O. The van der Waals surface area contributed by atoms with E-state index in [0.717, 1.165) is 5.57 Å². The van der Waals surface area contributed by atoms with E-state index in [1.165, 1.54) is 60.6 Å². The maximum atomic E-state index is 13.7. The number of hydrogen-bond acceptors (Lipinski definition) is 27. The van der Waals surface area contributed by atoms with E-state index in [1.54, 1.807) is 0 Å². The number of hydrogen-bond donors (Lipinski definition) is 14. The maximum Gasteiger partial charge on any atom is 0.397 e. The molecule has 0 bridgehead atoms. The molecular formula is C56H90O28S. The molecule has 0 amide bonds. The molecule has 0 aromatic rings. The first-order valence-electron chi connectivity index (χ1n) is 29.5. The first-order chi connectivity index (χ1) is 39.5. The number of aliphatic hydroxyl groups excluding tert-OH is 11. The van der Waals surface area contributed by atoms with Crippen molar-refractivity contribution >= 4 is 16.2 Å². The van der Waals surface area contributed by atoms with E-state index in [0.29, 0.717) is 25.7 Å². The van der Waals surface area contributed by atoms with Gasteiger partial charge in [-0.1, -0.05) is 31.6 Å². The van der Waals surface area contributed by atoms with Crippen molar-refractivity contribution < 1.29 is 136 Å². The summed E-state index contributed by atoms with van der Waals surface area (Å²) in [5.74, 6) is -1.95. The highest BCUT2D eigenvalue weighted by atomic mass is 32.3. The van der Waals surface area contributed by atoms with Gasteiger partial charge in [0.15, 0.2) is 37.2 Å². The second kappa shape index (κ2) is 25.3. The molecule has 5 heterocycles. The molecule has 85 heavy (non-hydrogen) atoms. The predicted molar refractivity (Wildman–Crippen MR) is 286 cm³/mol. The Morgan fingerprint density at radius 2 is 1.09 bits per heavy atom. The zero-order chi connectivity index (χ0) is 62.5. The van der Waals surface area contributed by atoms with Crippen molar-refractivity contribution in [3.05, 3.63) is 23.8 Å². The molecular weight excluding hydrogens is 1150 g/mol. The summed E-state index contributed by atoms with van der Waals surface area (Å²) in [4.78, 5) is 13.7. The Labute approximate surface area is 493 Å². The topological polar surface area (TPSA) is 436 Å². The van der Waals surface area contributed by atoms with Crippen molar-refractivity contribution in [2.24, 2.45) is 34.5 Å². The van der Waals surface area contributed by atoms with Crippen LogP contribution in [0.5, 0.6) is 0 Å². The molecule has 5 saturated heterocycles. The van der Waals surface area contributed by atoms with E-state index in [1.807, 2.05) is 6.92 Å². The summed E-state index contributed by atoms with van der Waals surface area (Å²) in [5, 5.41) is 145. The minimum absolute atomic E-state index is 0.0722. The van der Waals surface area contributed by atoms with Crippen LogP contribution < -0.4 is 0 Å². The molecule has 33 unspecified atom stereocenters. The molecule has 9 aliphatic rings. The van der Waals surface area contributed by atoms with E-state index in [-0.39, 0.29) is 31.1 Å². The zero-order valence-electron chi connectivity index (χ0n) is 49.1. The smallest absolute Gasteiger partial charge is 0.388 e. The van der Waals surface area contributed by atoms with Gasteiger partial charge in [-0.05, 0) is 128 Å². The fourth-order valence-corrected chi connectivity index (χ4v) is 15.7. The molecule has 5 aliphatic heterocycles. The Hall–Kier alpha value is -1.90. The number of fused-ring (bicyclic) bond motifs is 5. The first-order valence-corrected chi connectivity index (χ1v) is 30.9. The van der Waals surface area contributed by atoms with Gasteiger partial charge in [-0.15, -0.1) is 0 Å². The Morgan fingerprint density at radius 1 is 0.588 bits per heavy atom. The molecule has 3 saturated carbocycles. The van der Waals surface area contributed by atoms with Crippen LogP contribution in [0, 0.1) is 34.5 Å².